The van der Waals surface area contributed by atoms with Crippen molar-refractivity contribution < 1.29 is 13.2 Å². The van der Waals surface area contributed by atoms with E-state index in [1.54, 1.807) is 18.2 Å². The minimum Gasteiger partial charge on any atom is -0.326 e. The first-order valence-corrected chi connectivity index (χ1v) is 8.39. The van der Waals surface area contributed by atoms with Crippen LogP contribution in [0.3, 0.4) is 0 Å². The lowest BCUT2D eigenvalue weighted by atomic mass is 10.0. The van der Waals surface area contributed by atoms with Crippen molar-refractivity contribution in [3.05, 3.63) is 23.8 Å². The van der Waals surface area contributed by atoms with Crippen LogP contribution in [0.5, 0.6) is 0 Å². The van der Waals surface area contributed by atoms with Gasteiger partial charge < -0.3 is 5.32 Å². The Balaban J connectivity index is 1.84. The van der Waals surface area contributed by atoms with Crippen LogP contribution in [0.25, 0.3) is 0 Å². The van der Waals surface area contributed by atoms with Crippen molar-refractivity contribution in [3.8, 4) is 0 Å². The van der Waals surface area contributed by atoms with Gasteiger partial charge in [0.05, 0.1) is 4.90 Å². The molecule has 1 atom stereocenters. The Morgan fingerprint density at radius 3 is 2.75 bits per heavy atom. The number of nitrogens with one attached hydrogen (secondary N) is 2. The third-order valence-corrected chi connectivity index (χ3v) is 5.51. The zero-order valence-electron chi connectivity index (χ0n) is 11.3. The van der Waals surface area contributed by atoms with Gasteiger partial charge in [0, 0.05) is 18.2 Å². The maximum absolute atomic E-state index is 12.3. The Morgan fingerprint density at radius 1 is 1.30 bits per heavy atom. The summed E-state index contributed by atoms with van der Waals surface area (Å²) in [6.45, 7) is 1.91. The SMILES string of the molecule is C[C@@H](NS(=O)(=O)c1ccc2c(c1)CCC(=O)N2)C1CC1. The molecule has 2 N–H and O–H groups in total. The second-order valence-electron chi connectivity index (χ2n) is 5.61. The standard InChI is InChI=1S/C14H18N2O3S/c1-9(10-2-3-10)16-20(18,19)12-5-6-13-11(8-12)4-7-14(17)15-13/h5-6,8-10,16H,2-4,7H2,1H3,(H,15,17)/t9-/m1/s1. The van der Waals surface area contributed by atoms with Crippen molar-refractivity contribution in [2.75, 3.05) is 5.32 Å². The van der Waals surface area contributed by atoms with Gasteiger partial charge in [-0.3, -0.25) is 4.79 Å². The zero-order chi connectivity index (χ0) is 14.3. The van der Waals surface area contributed by atoms with Crippen molar-refractivity contribution in [2.24, 2.45) is 5.92 Å². The lowest BCUT2D eigenvalue weighted by Crippen LogP contribution is -2.34. The van der Waals surface area contributed by atoms with Gasteiger partial charge in [-0.15, -0.1) is 0 Å². The summed E-state index contributed by atoms with van der Waals surface area (Å²) in [6.07, 6.45) is 3.19. The zero-order valence-corrected chi connectivity index (χ0v) is 12.2. The predicted molar refractivity (Wildman–Crippen MR) is 75.9 cm³/mol. The lowest BCUT2D eigenvalue weighted by molar-refractivity contribution is -0.116. The summed E-state index contributed by atoms with van der Waals surface area (Å²) in [5, 5.41) is 2.75. The number of fused-ring (bicyclic) bond motifs is 1. The lowest BCUT2D eigenvalue weighted by Gasteiger charge is -2.18. The molecule has 0 spiro atoms. The summed E-state index contributed by atoms with van der Waals surface area (Å²) in [5.41, 5.74) is 1.60. The van der Waals surface area contributed by atoms with Gasteiger partial charge in [0.15, 0.2) is 0 Å². The normalized spacial score (nSPS) is 20.1. The molecule has 1 aliphatic heterocycles. The van der Waals surface area contributed by atoms with Gasteiger partial charge in [-0.05, 0) is 55.9 Å². The van der Waals surface area contributed by atoms with E-state index in [0.29, 0.717) is 18.8 Å². The average molecular weight is 294 g/mol. The molecule has 108 valence electrons. The quantitative estimate of drug-likeness (QED) is 0.886. The Labute approximate surface area is 118 Å². The molecule has 1 amide bonds. The molecule has 6 heteroatoms. The summed E-state index contributed by atoms with van der Waals surface area (Å²) in [6, 6.07) is 4.86. The Bertz CT molecular complexity index is 650. The summed E-state index contributed by atoms with van der Waals surface area (Å²) >= 11 is 0. The van der Waals surface area contributed by atoms with Crippen molar-refractivity contribution in [1.29, 1.82) is 0 Å². The summed E-state index contributed by atoms with van der Waals surface area (Å²) in [7, 11) is -3.47. The molecule has 0 bridgehead atoms. The molecule has 0 unspecified atom stereocenters. The van der Waals surface area contributed by atoms with E-state index in [0.717, 1.165) is 24.1 Å². The van der Waals surface area contributed by atoms with Gasteiger partial charge in [-0.2, -0.15) is 0 Å². The number of rotatable bonds is 4. The van der Waals surface area contributed by atoms with Crippen LogP contribution in [0.2, 0.25) is 0 Å². The van der Waals surface area contributed by atoms with Gasteiger partial charge in [0.25, 0.3) is 0 Å². The number of benzene rings is 1. The van der Waals surface area contributed by atoms with E-state index in [9.17, 15) is 13.2 Å². The Morgan fingerprint density at radius 2 is 2.05 bits per heavy atom. The van der Waals surface area contributed by atoms with E-state index in [4.69, 9.17) is 0 Å². The molecular weight excluding hydrogens is 276 g/mol. The highest BCUT2D eigenvalue weighted by molar-refractivity contribution is 7.89. The molecular formula is C14H18N2O3S. The number of carbonyl (C=O) groups excluding carboxylic acids is 1. The first-order valence-electron chi connectivity index (χ1n) is 6.91. The number of sulfonamides is 1. The molecule has 1 saturated carbocycles. The minimum atomic E-state index is -3.47. The predicted octanol–water partition coefficient (Wildman–Crippen LogP) is 1.65. The van der Waals surface area contributed by atoms with E-state index in [-0.39, 0.29) is 16.8 Å². The number of anilines is 1. The first-order chi connectivity index (χ1) is 9.45. The highest BCUT2D eigenvalue weighted by atomic mass is 32.2. The number of hydrogen-bond donors (Lipinski definition) is 2. The molecule has 1 aromatic carbocycles. The molecule has 0 saturated heterocycles. The number of hydrogen-bond acceptors (Lipinski definition) is 3. The van der Waals surface area contributed by atoms with Crippen LogP contribution in [0.15, 0.2) is 23.1 Å². The summed E-state index contributed by atoms with van der Waals surface area (Å²) < 4.78 is 27.4. The average Bonchev–Trinajstić information content (AvgIpc) is 3.21. The van der Waals surface area contributed by atoms with Gasteiger partial charge in [-0.25, -0.2) is 13.1 Å². The largest absolute Gasteiger partial charge is 0.326 e. The molecule has 1 heterocycles. The van der Waals surface area contributed by atoms with Crippen LogP contribution in [0.1, 0.15) is 31.7 Å². The fourth-order valence-electron chi connectivity index (χ4n) is 2.53. The smallest absolute Gasteiger partial charge is 0.240 e. The van der Waals surface area contributed by atoms with Crippen LogP contribution in [0.4, 0.5) is 5.69 Å². The van der Waals surface area contributed by atoms with Crippen LogP contribution >= 0.6 is 0 Å². The molecule has 0 radical (unpaired) electrons. The molecule has 20 heavy (non-hydrogen) atoms. The molecule has 2 aliphatic rings. The highest BCUT2D eigenvalue weighted by Gasteiger charge is 2.31. The Hall–Kier alpha value is -1.40. The third kappa shape index (κ3) is 2.71. The van der Waals surface area contributed by atoms with E-state index in [2.05, 4.69) is 10.0 Å². The Kier molecular flexibility index (Phi) is 3.30. The van der Waals surface area contributed by atoms with Crippen LogP contribution < -0.4 is 10.0 Å². The number of aryl methyl sites for hydroxylation is 1. The van der Waals surface area contributed by atoms with Gasteiger partial charge in [0.2, 0.25) is 15.9 Å². The molecule has 1 aromatic rings. The van der Waals surface area contributed by atoms with Crippen molar-refractivity contribution in [3.63, 3.8) is 0 Å². The van der Waals surface area contributed by atoms with Crippen molar-refractivity contribution in [1.82, 2.24) is 4.72 Å². The van der Waals surface area contributed by atoms with Crippen molar-refractivity contribution >= 4 is 21.6 Å². The fraction of sp³-hybridized carbons (Fsp3) is 0.500. The highest BCUT2D eigenvalue weighted by Crippen LogP contribution is 2.33. The molecule has 0 aromatic heterocycles. The first kappa shape index (κ1) is 13.6. The van der Waals surface area contributed by atoms with Crippen LogP contribution in [0, 0.1) is 5.92 Å². The summed E-state index contributed by atoms with van der Waals surface area (Å²) in [5.74, 6) is 0.454. The molecule has 1 aliphatic carbocycles. The topological polar surface area (TPSA) is 75.3 Å². The van der Waals surface area contributed by atoms with E-state index in [1.807, 2.05) is 6.92 Å². The molecule has 3 rings (SSSR count). The number of amides is 1. The second kappa shape index (κ2) is 4.86. The monoisotopic (exact) mass is 294 g/mol. The van der Waals surface area contributed by atoms with E-state index >= 15 is 0 Å². The van der Waals surface area contributed by atoms with Crippen molar-refractivity contribution in [2.45, 2.75) is 43.5 Å². The fourth-order valence-corrected chi connectivity index (χ4v) is 3.89. The maximum atomic E-state index is 12.3. The van der Waals surface area contributed by atoms with Crippen LogP contribution in [-0.4, -0.2) is 20.4 Å². The molecule has 5 nitrogen and oxygen atoms in total. The summed E-state index contributed by atoms with van der Waals surface area (Å²) in [4.78, 5) is 11.6. The minimum absolute atomic E-state index is 0.0178. The van der Waals surface area contributed by atoms with Gasteiger partial charge in [0.1, 0.15) is 0 Å². The van der Waals surface area contributed by atoms with E-state index in [1.165, 1.54) is 0 Å². The van der Waals surface area contributed by atoms with E-state index < -0.39 is 10.0 Å². The molecule has 1 fully saturated rings. The van der Waals surface area contributed by atoms with Gasteiger partial charge >= 0.3 is 0 Å². The van der Waals surface area contributed by atoms with Gasteiger partial charge in [-0.1, -0.05) is 0 Å². The maximum Gasteiger partial charge on any atom is 0.240 e. The number of carbonyl (C=O) groups is 1. The third-order valence-electron chi connectivity index (χ3n) is 3.95. The second-order valence-corrected chi connectivity index (χ2v) is 7.33. The van der Waals surface area contributed by atoms with Crippen LogP contribution in [-0.2, 0) is 21.2 Å².